The number of hydrogen-bond donors (Lipinski definition) is 0. The Hall–Kier alpha value is -2.96. The monoisotopic (exact) mass is 443 g/mol. The Labute approximate surface area is 191 Å². The van der Waals surface area contributed by atoms with Gasteiger partial charge in [-0.05, 0) is 54.8 Å². The van der Waals surface area contributed by atoms with E-state index in [0.29, 0.717) is 13.0 Å². The zero-order chi connectivity index (χ0) is 22.1. The van der Waals surface area contributed by atoms with Crippen LogP contribution < -0.4 is 20.7 Å². The number of unbranched alkanes of at least 4 members (excludes halogenated alkanes) is 1. The summed E-state index contributed by atoms with van der Waals surface area (Å²) in [4.78, 5) is 0. The van der Waals surface area contributed by atoms with Gasteiger partial charge < -0.3 is 4.74 Å². The molecule has 4 rings (SSSR count). The summed E-state index contributed by atoms with van der Waals surface area (Å²) < 4.78 is 18.5. The zero-order valence-corrected chi connectivity index (χ0v) is 19.1. The second kappa shape index (κ2) is 11.1. The Morgan fingerprint density at radius 1 is 0.594 bits per heavy atom. The van der Waals surface area contributed by atoms with Gasteiger partial charge in [-0.25, -0.2) is 0 Å². The first-order valence-corrected chi connectivity index (χ1v) is 13.1. The fourth-order valence-electron chi connectivity index (χ4n) is 4.14. The van der Waals surface area contributed by atoms with E-state index >= 15 is 0 Å². The molecule has 3 heteroatoms. The Morgan fingerprint density at radius 2 is 1.16 bits per heavy atom. The van der Waals surface area contributed by atoms with Gasteiger partial charge in [0.15, 0.2) is 0 Å². The smallest absolute Gasteiger partial charge is 0.123 e. The van der Waals surface area contributed by atoms with Crippen LogP contribution in [0.15, 0.2) is 115 Å². The van der Waals surface area contributed by atoms with Crippen LogP contribution in [0.5, 0.6) is 5.75 Å². The topological polar surface area (TPSA) is 9.23 Å². The van der Waals surface area contributed by atoms with Crippen molar-refractivity contribution in [1.29, 1.82) is 0 Å². The first kappa shape index (κ1) is 22.2. The Morgan fingerprint density at radius 3 is 1.75 bits per heavy atom. The zero-order valence-electron chi connectivity index (χ0n) is 18.2. The molecule has 0 aromatic heterocycles. The van der Waals surface area contributed by atoms with Crippen molar-refractivity contribution in [3.8, 4) is 5.75 Å². The SMILES string of the molecule is FCCCCOc1cccc([P+](Cc2ccccc2)(c2ccccc2)c2ccccc2)c1. The molecule has 0 radical (unpaired) electrons. The van der Waals surface area contributed by atoms with Crippen molar-refractivity contribution in [2.24, 2.45) is 0 Å². The summed E-state index contributed by atoms with van der Waals surface area (Å²) in [6.07, 6.45) is 2.20. The molecule has 4 aromatic carbocycles. The highest BCUT2D eigenvalue weighted by molar-refractivity contribution is 7.95. The van der Waals surface area contributed by atoms with Crippen molar-refractivity contribution in [2.45, 2.75) is 19.0 Å². The molecule has 0 fully saturated rings. The van der Waals surface area contributed by atoms with E-state index < -0.39 is 7.26 Å². The average Bonchev–Trinajstić information content (AvgIpc) is 2.87. The van der Waals surface area contributed by atoms with E-state index in [4.69, 9.17) is 4.74 Å². The lowest BCUT2D eigenvalue weighted by Gasteiger charge is -2.28. The third-order valence-electron chi connectivity index (χ3n) is 5.71. The molecule has 4 aromatic rings. The van der Waals surface area contributed by atoms with Crippen molar-refractivity contribution in [3.05, 3.63) is 121 Å². The molecule has 0 heterocycles. The lowest BCUT2D eigenvalue weighted by atomic mass is 10.2. The van der Waals surface area contributed by atoms with Crippen LogP contribution in [0, 0.1) is 0 Å². The van der Waals surface area contributed by atoms with E-state index in [0.717, 1.165) is 18.3 Å². The molecule has 0 saturated carbocycles. The number of hydrogen-bond acceptors (Lipinski definition) is 1. The van der Waals surface area contributed by atoms with Crippen molar-refractivity contribution in [1.82, 2.24) is 0 Å². The third-order valence-corrected chi connectivity index (χ3v) is 10.1. The van der Waals surface area contributed by atoms with E-state index in [1.165, 1.54) is 21.5 Å². The lowest BCUT2D eigenvalue weighted by molar-refractivity contribution is 0.297. The maximum Gasteiger partial charge on any atom is 0.123 e. The van der Waals surface area contributed by atoms with Crippen molar-refractivity contribution >= 4 is 23.2 Å². The Bertz CT molecular complexity index is 1040. The van der Waals surface area contributed by atoms with Gasteiger partial charge in [0.05, 0.1) is 19.4 Å². The Kier molecular flexibility index (Phi) is 7.69. The van der Waals surface area contributed by atoms with Gasteiger partial charge in [-0.15, -0.1) is 0 Å². The van der Waals surface area contributed by atoms with Crippen LogP contribution >= 0.6 is 7.26 Å². The summed E-state index contributed by atoms with van der Waals surface area (Å²) in [7, 11) is -1.99. The summed E-state index contributed by atoms with van der Waals surface area (Å²) in [5.74, 6) is 0.852. The molecule has 0 atom stereocenters. The van der Waals surface area contributed by atoms with Gasteiger partial charge in [0.25, 0.3) is 0 Å². The van der Waals surface area contributed by atoms with Crippen LogP contribution in [0.25, 0.3) is 0 Å². The number of halogens is 1. The normalized spacial score (nSPS) is 11.3. The van der Waals surface area contributed by atoms with Crippen molar-refractivity contribution < 1.29 is 9.13 Å². The van der Waals surface area contributed by atoms with Gasteiger partial charge in [0, 0.05) is 6.07 Å². The molecule has 32 heavy (non-hydrogen) atoms. The summed E-state index contributed by atoms with van der Waals surface area (Å²) in [5, 5.41) is 4.00. The van der Waals surface area contributed by atoms with Gasteiger partial charge in [0.2, 0.25) is 0 Å². The van der Waals surface area contributed by atoms with Crippen molar-refractivity contribution in [3.63, 3.8) is 0 Å². The van der Waals surface area contributed by atoms with Gasteiger partial charge in [0.1, 0.15) is 28.9 Å². The van der Waals surface area contributed by atoms with Crippen molar-refractivity contribution in [2.75, 3.05) is 13.3 Å². The maximum atomic E-state index is 12.5. The minimum atomic E-state index is -1.99. The van der Waals surface area contributed by atoms with Crippen LogP contribution in [0.4, 0.5) is 4.39 Å². The number of ether oxygens (including phenoxy) is 1. The predicted octanol–water partition coefficient (Wildman–Crippen LogP) is 6.31. The fraction of sp³-hybridized carbons (Fsp3) is 0.172. The number of benzene rings is 4. The highest BCUT2D eigenvalue weighted by Crippen LogP contribution is 2.58. The molecule has 0 bridgehead atoms. The van der Waals surface area contributed by atoms with Crippen LogP contribution in [0.1, 0.15) is 18.4 Å². The molecule has 0 N–H and O–H groups in total. The number of alkyl halides is 1. The standard InChI is InChI=1S/C29H29FOP/c30-21-10-11-22-31-26-15-12-20-29(23-26)32(27-16-6-2-7-17-27,28-18-8-3-9-19-28)24-25-13-4-1-5-14-25/h1-9,12-20,23H,10-11,21-22,24H2/q+1. The molecule has 0 spiro atoms. The molecule has 0 aliphatic heterocycles. The molecule has 0 aliphatic rings. The fourth-order valence-corrected chi connectivity index (χ4v) is 8.39. The van der Waals surface area contributed by atoms with E-state index in [1.54, 1.807) is 0 Å². The first-order valence-electron chi connectivity index (χ1n) is 11.2. The van der Waals surface area contributed by atoms with Crippen LogP contribution in [0.2, 0.25) is 0 Å². The maximum absolute atomic E-state index is 12.5. The van der Waals surface area contributed by atoms with E-state index in [1.807, 2.05) is 6.07 Å². The molecule has 0 unspecified atom stereocenters. The van der Waals surface area contributed by atoms with Gasteiger partial charge >= 0.3 is 0 Å². The minimum Gasteiger partial charge on any atom is -0.493 e. The minimum absolute atomic E-state index is 0.295. The predicted molar refractivity (Wildman–Crippen MR) is 136 cm³/mol. The van der Waals surface area contributed by atoms with E-state index in [2.05, 4.69) is 109 Å². The molecule has 0 saturated heterocycles. The molecular weight excluding hydrogens is 414 g/mol. The second-order valence-electron chi connectivity index (χ2n) is 7.87. The van der Waals surface area contributed by atoms with Gasteiger partial charge in [-0.1, -0.05) is 72.8 Å². The third kappa shape index (κ3) is 5.09. The molecule has 0 amide bonds. The summed E-state index contributed by atoms with van der Waals surface area (Å²) >= 11 is 0. The van der Waals surface area contributed by atoms with Gasteiger partial charge in [-0.3, -0.25) is 4.39 Å². The summed E-state index contributed by atoms with van der Waals surface area (Å²) in [6, 6.07) is 41.0. The lowest BCUT2D eigenvalue weighted by Crippen LogP contribution is -2.32. The highest BCUT2D eigenvalue weighted by atomic mass is 31.2. The number of rotatable bonds is 10. The quantitative estimate of drug-likeness (QED) is 0.206. The van der Waals surface area contributed by atoms with Crippen LogP contribution in [0.3, 0.4) is 0 Å². The van der Waals surface area contributed by atoms with Gasteiger partial charge in [-0.2, -0.15) is 0 Å². The Balaban J connectivity index is 1.85. The van der Waals surface area contributed by atoms with Crippen LogP contribution in [-0.4, -0.2) is 13.3 Å². The highest BCUT2D eigenvalue weighted by Gasteiger charge is 2.45. The largest absolute Gasteiger partial charge is 0.493 e. The average molecular weight is 444 g/mol. The molecule has 162 valence electrons. The molecule has 1 nitrogen and oxygen atoms in total. The summed E-state index contributed by atoms with van der Waals surface area (Å²) in [5.41, 5.74) is 1.32. The molecular formula is C29H29FOP+. The second-order valence-corrected chi connectivity index (χ2v) is 11.4. The van der Waals surface area contributed by atoms with E-state index in [9.17, 15) is 4.39 Å². The van der Waals surface area contributed by atoms with Crippen LogP contribution in [-0.2, 0) is 6.16 Å². The summed E-state index contributed by atoms with van der Waals surface area (Å²) in [6.45, 7) is 0.241. The van der Waals surface area contributed by atoms with E-state index in [-0.39, 0.29) is 6.67 Å². The first-order chi connectivity index (χ1) is 15.8. The molecule has 0 aliphatic carbocycles.